The normalized spacial score (nSPS) is 21.9. The second-order valence-corrected chi connectivity index (χ2v) is 8.73. The van der Waals surface area contributed by atoms with Gasteiger partial charge in [0.1, 0.15) is 23.4 Å². The standard InChI is InChI=1S/C24H27F4N3O3/c1-15(23(32)30-12-21(25)26)16-2-4-18(5-3-16)34-20-8-9-31(13-20)22-7-6-19(11-29-22)33-14-17-10-24(17,27)28/h2-7,11,15,17,20-21H,8-10,12-14H2,1H3,(H,30,32)/t15?,17?,20-/m1/s1. The molecule has 34 heavy (non-hydrogen) atoms. The van der Waals surface area contributed by atoms with Crippen molar-refractivity contribution in [2.24, 2.45) is 5.92 Å². The summed E-state index contributed by atoms with van der Waals surface area (Å²) in [6.45, 7) is 2.38. The molecule has 1 N–H and O–H groups in total. The van der Waals surface area contributed by atoms with Gasteiger partial charge in [0.15, 0.2) is 0 Å². The minimum absolute atomic E-state index is 0.00833. The fraction of sp³-hybridized carbons (Fsp3) is 0.500. The van der Waals surface area contributed by atoms with E-state index >= 15 is 0 Å². The molecule has 0 bridgehead atoms. The van der Waals surface area contributed by atoms with E-state index in [1.165, 1.54) is 0 Å². The zero-order valence-corrected chi connectivity index (χ0v) is 18.7. The molecule has 1 aliphatic heterocycles. The Kier molecular flexibility index (Phi) is 7.13. The molecule has 2 aromatic rings. The van der Waals surface area contributed by atoms with Crippen LogP contribution in [0.3, 0.4) is 0 Å². The third-order valence-corrected chi connectivity index (χ3v) is 6.10. The number of anilines is 1. The van der Waals surface area contributed by atoms with Crippen LogP contribution < -0.4 is 19.7 Å². The molecule has 1 aromatic carbocycles. The zero-order valence-electron chi connectivity index (χ0n) is 18.7. The Morgan fingerprint density at radius 1 is 1.21 bits per heavy atom. The molecule has 1 aromatic heterocycles. The number of ether oxygens (including phenoxy) is 2. The molecule has 2 unspecified atom stereocenters. The fourth-order valence-electron chi connectivity index (χ4n) is 3.83. The van der Waals surface area contributed by atoms with Crippen molar-refractivity contribution in [3.63, 3.8) is 0 Å². The van der Waals surface area contributed by atoms with Gasteiger partial charge < -0.3 is 19.7 Å². The van der Waals surface area contributed by atoms with Gasteiger partial charge in [-0.1, -0.05) is 12.1 Å². The molecule has 2 fully saturated rings. The highest BCUT2D eigenvalue weighted by Gasteiger charge is 2.57. The van der Waals surface area contributed by atoms with Crippen molar-refractivity contribution in [3.05, 3.63) is 48.2 Å². The van der Waals surface area contributed by atoms with Gasteiger partial charge in [0.05, 0.1) is 37.7 Å². The third kappa shape index (κ3) is 6.09. The van der Waals surface area contributed by atoms with Crippen LogP contribution in [0.25, 0.3) is 0 Å². The third-order valence-electron chi connectivity index (χ3n) is 6.10. The number of hydrogen-bond acceptors (Lipinski definition) is 5. The summed E-state index contributed by atoms with van der Waals surface area (Å²) in [5.41, 5.74) is 0.712. The Morgan fingerprint density at radius 2 is 1.91 bits per heavy atom. The number of halogens is 4. The molecule has 10 heteroatoms. The minimum Gasteiger partial charge on any atom is -0.491 e. The van der Waals surface area contributed by atoms with Gasteiger partial charge in [-0.05, 0) is 36.8 Å². The molecule has 0 radical (unpaired) electrons. The number of nitrogens with zero attached hydrogens (tertiary/aromatic N) is 2. The van der Waals surface area contributed by atoms with Gasteiger partial charge in [-0.15, -0.1) is 0 Å². The number of aromatic nitrogens is 1. The van der Waals surface area contributed by atoms with Crippen LogP contribution in [-0.2, 0) is 4.79 Å². The van der Waals surface area contributed by atoms with Crippen molar-refractivity contribution in [3.8, 4) is 11.5 Å². The molecule has 4 rings (SSSR count). The second kappa shape index (κ2) is 10.1. The van der Waals surface area contributed by atoms with Crippen LogP contribution in [0.2, 0.25) is 0 Å². The van der Waals surface area contributed by atoms with Crippen LogP contribution in [-0.4, -0.2) is 55.6 Å². The molecular weight excluding hydrogens is 454 g/mol. The maximum atomic E-state index is 12.9. The van der Waals surface area contributed by atoms with Gasteiger partial charge in [0.2, 0.25) is 5.91 Å². The van der Waals surface area contributed by atoms with Crippen molar-refractivity contribution >= 4 is 11.7 Å². The molecule has 2 aliphatic rings. The minimum atomic E-state index is -2.60. The predicted octanol–water partition coefficient (Wildman–Crippen LogP) is 4.26. The van der Waals surface area contributed by atoms with E-state index < -0.39 is 36.6 Å². The highest BCUT2D eigenvalue weighted by Crippen LogP contribution is 2.48. The van der Waals surface area contributed by atoms with E-state index in [9.17, 15) is 22.4 Å². The van der Waals surface area contributed by atoms with Crippen molar-refractivity contribution in [1.29, 1.82) is 0 Å². The van der Waals surface area contributed by atoms with Crippen LogP contribution in [0.15, 0.2) is 42.6 Å². The first-order chi connectivity index (χ1) is 16.2. The lowest BCUT2D eigenvalue weighted by molar-refractivity contribution is -0.122. The average Bonchev–Trinajstić information content (AvgIpc) is 3.19. The molecule has 1 amide bonds. The number of pyridine rings is 1. The lowest BCUT2D eigenvalue weighted by Gasteiger charge is -2.19. The van der Waals surface area contributed by atoms with E-state index in [0.29, 0.717) is 23.6 Å². The molecule has 184 valence electrons. The monoisotopic (exact) mass is 481 g/mol. The van der Waals surface area contributed by atoms with Gasteiger partial charge >= 0.3 is 0 Å². The summed E-state index contributed by atoms with van der Waals surface area (Å²) in [6, 6.07) is 10.6. The summed E-state index contributed by atoms with van der Waals surface area (Å²) < 4.78 is 61.9. The van der Waals surface area contributed by atoms with Crippen molar-refractivity contribution < 1.29 is 31.8 Å². The van der Waals surface area contributed by atoms with Gasteiger partial charge in [-0.25, -0.2) is 22.5 Å². The molecule has 1 saturated heterocycles. The fourth-order valence-corrected chi connectivity index (χ4v) is 3.83. The maximum Gasteiger partial charge on any atom is 0.255 e. The van der Waals surface area contributed by atoms with Crippen molar-refractivity contribution in [2.45, 2.75) is 44.1 Å². The number of alkyl halides is 4. The smallest absolute Gasteiger partial charge is 0.255 e. The summed E-state index contributed by atoms with van der Waals surface area (Å²) in [7, 11) is 0. The number of hydrogen-bond donors (Lipinski definition) is 1. The summed E-state index contributed by atoms with van der Waals surface area (Å²) in [6.07, 6.45) is -0.409. The number of nitrogens with one attached hydrogen (secondary N) is 1. The lowest BCUT2D eigenvalue weighted by atomic mass is 10.0. The van der Waals surface area contributed by atoms with Crippen LogP contribution >= 0.6 is 0 Å². The van der Waals surface area contributed by atoms with E-state index in [-0.39, 0.29) is 19.1 Å². The van der Waals surface area contributed by atoms with Crippen LogP contribution in [0.1, 0.15) is 31.2 Å². The molecule has 6 nitrogen and oxygen atoms in total. The Bertz CT molecular complexity index is 972. The highest BCUT2D eigenvalue weighted by molar-refractivity contribution is 5.83. The highest BCUT2D eigenvalue weighted by atomic mass is 19.3. The SMILES string of the molecule is CC(C(=O)NCC(F)F)c1ccc(O[C@@H]2CCN(c3ccc(OCC4CC4(F)F)cn3)C2)cc1. The molecule has 1 aliphatic carbocycles. The van der Waals surface area contributed by atoms with Crippen LogP contribution in [0, 0.1) is 5.92 Å². The molecule has 1 saturated carbocycles. The first-order valence-electron chi connectivity index (χ1n) is 11.3. The van der Waals surface area contributed by atoms with E-state index in [1.807, 2.05) is 0 Å². The summed E-state index contributed by atoms with van der Waals surface area (Å²) in [5.74, 6) is -2.41. The van der Waals surface area contributed by atoms with E-state index in [4.69, 9.17) is 9.47 Å². The van der Waals surface area contributed by atoms with Gasteiger partial charge in [0.25, 0.3) is 12.3 Å². The number of amides is 1. The largest absolute Gasteiger partial charge is 0.491 e. The maximum absolute atomic E-state index is 12.9. The van der Waals surface area contributed by atoms with E-state index in [2.05, 4.69) is 15.2 Å². The summed E-state index contributed by atoms with van der Waals surface area (Å²) in [5, 5.41) is 2.23. The van der Waals surface area contributed by atoms with Crippen LogP contribution in [0.5, 0.6) is 11.5 Å². The second-order valence-electron chi connectivity index (χ2n) is 8.73. The van der Waals surface area contributed by atoms with Gasteiger partial charge in [-0.3, -0.25) is 4.79 Å². The topological polar surface area (TPSA) is 63.7 Å². The Labute approximate surface area is 195 Å². The molecular formula is C24H27F4N3O3. The predicted molar refractivity (Wildman–Crippen MR) is 118 cm³/mol. The van der Waals surface area contributed by atoms with Gasteiger partial charge in [-0.2, -0.15) is 0 Å². The van der Waals surface area contributed by atoms with E-state index in [1.54, 1.807) is 49.5 Å². The van der Waals surface area contributed by atoms with Crippen molar-refractivity contribution in [2.75, 3.05) is 31.1 Å². The summed E-state index contributed by atoms with van der Waals surface area (Å²) in [4.78, 5) is 18.4. The number of carbonyl (C=O) groups excluding carboxylic acids is 1. The number of benzene rings is 1. The quantitative estimate of drug-likeness (QED) is 0.514. The van der Waals surface area contributed by atoms with E-state index in [0.717, 1.165) is 18.8 Å². The molecule has 3 atom stereocenters. The summed E-state index contributed by atoms with van der Waals surface area (Å²) >= 11 is 0. The Morgan fingerprint density at radius 3 is 2.53 bits per heavy atom. The average molecular weight is 481 g/mol. The first-order valence-corrected chi connectivity index (χ1v) is 11.3. The van der Waals surface area contributed by atoms with Crippen molar-refractivity contribution in [1.82, 2.24) is 10.3 Å². The zero-order chi connectivity index (χ0) is 24.3. The molecule has 2 heterocycles. The van der Waals surface area contributed by atoms with Gasteiger partial charge in [0, 0.05) is 19.4 Å². The Hall–Kier alpha value is -3.04. The number of rotatable bonds is 10. The van der Waals surface area contributed by atoms with Crippen LogP contribution in [0.4, 0.5) is 23.4 Å². The number of carbonyl (C=O) groups is 1. The molecule has 0 spiro atoms. The lowest BCUT2D eigenvalue weighted by Crippen LogP contribution is -2.31. The Balaban J connectivity index is 1.24. The first kappa shape index (κ1) is 24.1.